The highest BCUT2D eigenvalue weighted by Gasteiger charge is 2.90. The number of fused-ring (bicyclic) bond motifs is 2. The number of hydrogen-bond donors (Lipinski definition) is 4. The van der Waals surface area contributed by atoms with Gasteiger partial charge in [0.1, 0.15) is 47.8 Å². The number of nitrogens with zero attached hydrogens (tertiary/aromatic N) is 1. The van der Waals surface area contributed by atoms with Crippen molar-refractivity contribution in [3.63, 3.8) is 0 Å². The summed E-state index contributed by atoms with van der Waals surface area (Å²) in [6, 6.07) is 13.1. The number of aliphatic hydroxyl groups is 2. The van der Waals surface area contributed by atoms with Crippen molar-refractivity contribution in [2.24, 2.45) is 0 Å². The van der Waals surface area contributed by atoms with Crippen molar-refractivity contribution in [1.82, 2.24) is 9.55 Å². The van der Waals surface area contributed by atoms with E-state index in [9.17, 15) is 101 Å². The first-order chi connectivity index (χ1) is 35.8. The van der Waals surface area contributed by atoms with E-state index >= 15 is 0 Å². The van der Waals surface area contributed by atoms with Gasteiger partial charge in [-0.05, 0) is 47.5 Å². The largest absolute Gasteiger partial charge is 0.508 e. The van der Waals surface area contributed by atoms with E-state index in [2.05, 4.69) is 0 Å². The Labute approximate surface area is 421 Å². The number of allylic oxidation sites excluding steroid dienone is 1. The van der Waals surface area contributed by atoms with Gasteiger partial charge in [0.15, 0.2) is 17.8 Å². The number of H-pyrrole nitrogens is 1. The third-order valence-electron chi connectivity index (χ3n) is 11.7. The Kier molecular flexibility index (Phi) is 17.1. The molecule has 1 aromatic heterocycles. The second-order valence-electron chi connectivity index (χ2n) is 17.0. The average Bonchev–Trinajstić information content (AvgIpc) is 3.70. The third kappa shape index (κ3) is 11.8. The molecule has 0 bridgehead atoms. The number of aromatic hydroxyl groups is 1. The standard InChI is InChI=1S/C47H39F13N2O15/c1-72-40(70)30-16-22(3-7-27(30)36-28-8-4-24(65)17-31(28)76-32-18-25(66)5-9-29(32)36)15-23(64)6-10-35(68)74-20-26(21-75-38-37(69)33(19-63)77-39(38)62-13-11-34(67)61-41(62)71)73-14-2-12-42(48,49)43(50,51)44(52,53)45(54,55)46(56,57)47(58,59)60/h2-5,7-9,11,13-14,16-18,26,33,37-39,63,65,69H,6,10,12,15,19-21H2,1H3,(H,61,67,71)/b14-2+/t26?,33-,37+,38+,39-/m1/s1. The van der Waals surface area contributed by atoms with Crippen molar-refractivity contribution in [3.05, 3.63) is 121 Å². The number of alkyl halides is 13. The lowest BCUT2D eigenvalue weighted by Crippen LogP contribution is -2.70. The number of ketones is 1. The number of carbonyl (C=O) groups excluding carboxylic acids is 3. The number of rotatable bonds is 22. The van der Waals surface area contributed by atoms with Crippen molar-refractivity contribution < 1.29 is 115 Å². The maximum atomic E-state index is 14.5. The van der Waals surface area contributed by atoms with Gasteiger partial charge in [-0.3, -0.25) is 28.7 Å². The van der Waals surface area contributed by atoms with Crippen LogP contribution in [-0.4, -0.2) is 130 Å². The van der Waals surface area contributed by atoms with Gasteiger partial charge in [-0.25, -0.2) is 9.59 Å². The van der Waals surface area contributed by atoms with Crippen molar-refractivity contribution in [1.29, 1.82) is 0 Å². The van der Waals surface area contributed by atoms with E-state index < -0.39 is 146 Å². The van der Waals surface area contributed by atoms with Gasteiger partial charge >= 0.3 is 53.4 Å². The van der Waals surface area contributed by atoms with E-state index in [0.717, 1.165) is 19.4 Å². The zero-order valence-electron chi connectivity index (χ0n) is 38.9. The molecule has 30 heteroatoms. The highest BCUT2D eigenvalue weighted by Crippen LogP contribution is 2.60. The first-order valence-electron chi connectivity index (χ1n) is 22.0. The van der Waals surface area contributed by atoms with E-state index in [1.807, 2.05) is 4.98 Å². The second kappa shape index (κ2) is 22.3. The number of hydrogen-bond acceptors (Lipinski definition) is 15. The van der Waals surface area contributed by atoms with Crippen LogP contribution in [0.4, 0.5) is 57.1 Å². The molecule has 0 amide bonds. The first-order valence-corrected chi connectivity index (χ1v) is 22.0. The fourth-order valence-corrected chi connectivity index (χ4v) is 7.70. The summed E-state index contributed by atoms with van der Waals surface area (Å²) < 4.78 is 210. The van der Waals surface area contributed by atoms with E-state index in [-0.39, 0.29) is 46.1 Å². The molecule has 6 rings (SSSR count). The lowest BCUT2D eigenvalue weighted by Gasteiger charge is -2.39. The highest BCUT2D eigenvalue weighted by atomic mass is 19.4. The fraction of sp³-hybridized carbons (Fsp3) is 0.404. The van der Waals surface area contributed by atoms with Gasteiger partial charge in [0.05, 0.1) is 38.6 Å². The Bertz CT molecular complexity index is 3170. The number of nitrogens with one attached hydrogen (secondary N) is 1. The maximum Gasteiger partial charge on any atom is 0.460 e. The first kappa shape index (κ1) is 58.9. The van der Waals surface area contributed by atoms with Gasteiger partial charge in [0, 0.05) is 60.2 Å². The number of aromatic nitrogens is 2. The van der Waals surface area contributed by atoms with Gasteiger partial charge < -0.3 is 43.4 Å². The molecule has 1 aliphatic carbocycles. The van der Waals surface area contributed by atoms with Crippen LogP contribution in [0.2, 0.25) is 0 Å². The minimum Gasteiger partial charge on any atom is -0.508 e. The van der Waals surface area contributed by atoms with Crippen LogP contribution in [0, 0.1) is 0 Å². The molecule has 3 aliphatic rings. The van der Waals surface area contributed by atoms with Crippen molar-refractivity contribution in [2.45, 2.75) is 92.1 Å². The number of phenolic OH excluding ortho intramolecular Hbond substituents is 1. The van der Waals surface area contributed by atoms with Crippen molar-refractivity contribution in [2.75, 3.05) is 26.9 Å². The minimum atomic E-state index is -8.14. The molecule has 0 radical (unpaired) electrons. The molecule has 0 saturated carbocycles. The fourth-order valence-electron chi connectivity index (χ4n) is 7.70. The maximum absolute atomic E-state index is 14.5. The SMILES string of the molecule is COC(=O)c1cc(CC(=O)CCC(=O)OCC(CO[C@H]2[C@@H](O)[C@@H](CO)O[C@H]2n2ccc(=O)[nH]c2=O)O/C=C/CC(F)(F)C(F)(F)C(F)(F)C(F)(F)C(F)(F)C(F)(F)F)ccc1-c1c2ccc(=O)cc-2oc2cc(O)ccc12. The van der Waals surface area contributed by atoms with Gasteiger partial charge in [0.25, 0.3) is 5.56 Å². The monoisotopic (exact) mass is 1120 g/mol. The van der Waals surface area contributed by atoms with Gasteiger partial charge in [-0.15, -0.1) is 0 Å². The summed E-state index contributed by atoms with van der Waals surface area (Å²) in [4.78, 5) is 77.6. The smallest absolute Gasteiger partial charge is 0.460 e. The number of aromatic amines is 1. The predicted molar refractivity (Wildman–Crippen MR) is 234 cm³/mol. The summed E-state index contributed by atoms with van der Waals surface area (Å²) in [5.74, 6) is -41.2. The summed E-state index contributed by atoms with van der Waals surface area (Å²) in [5, 5.41) is 31.0. The summed E-state index contributed by atoms with van der Waals surface area (Å²) in [6.07, 6.45) is -20.4. The number of carbonyl (C=O) groups is 3. The number of halogens is 13. The number of esters is 2. The quantitative estimate of drug-likeness (QED) is 0.0244. The Balaban J connectivity index is 1.18. The number of methoxy groups -OCH3 is 1. The molecule has 4 N–H and O–H groups in total. The number of phenols is 1. The zero-order chi connectivity index (χ0) is 57.2. The van der Waals surface area contributed by atoms with Crippen LogP contribution in [0.1, 0.15) is 41.4 Å². The van der Waals surface area contributed by atoms with Crippen LogP contribution < -0.4 is 16.7 Å². The van der Waals surface area contributed by atoms with Crippen LogP contribution in [0.5, 0.6) is 5.75 Å². The number of benzene rings is 3. The van der Waals surface area contributed by atoms with Crippen LogP contribution in [0.3, 0.4) is 0 Å². The molecule has 77 heavy (non-hydrogen) atoms. The van der Waals surface area contributed by atoms with E-state index in [0.29, 0.717) is 21.1 Å². The Hall–Kier alpha value is -7.31. The molecule has 1 fully saturated rings. The normalized spacial score (nSPS) is 18.2. The van der Waals surface area contributed by atoms with E-state index in [1.54, 1.807) is 0 Å². The molecule has 3 heterocycles. The second-order valence-corrected chi connectivity index (χ2v) is 17.0. The molecule has 17 nitrogen and oxygen atoms in total. The Morgan fingerprint density at radius 2 is 1.49 bits per heavy atom. The van der Waals surface area contributed by atoms with Crippen LogP contribution in [0.15, 0.2) is 98.0 Å². The molecule has 2 aliphatic heterocycles. The van der Waals surface area contributed by atoms with E-state index in [4.69, 9.17) is 28.1 Å². The molecule has 5 atom stereocenters. The lowest BCUT2D eigenvalue weighted by atomic mass is 9.89. The zero-order valence-corrected chi connectivity index (χ0v) is 38.9. The molecule has 2 aromatic carbocycles. The molecule has 1 saturated heterocycles. The van der Waals surface area contributed by atoms with Gasteiger partial charge in [-0.1, -0.05) is 12.1 Å². The van der Waals surface area contributed by atoms with Crippen molar-refractivity contribution in [3.8, 4) is 28.2 Å². The Morgan fingerprint density at radius 1 is 0.818 bits per heavy atom. The highest BCUT2D eigenvalue weighted by molar-refractivity contribution is 6.08. The van der Waals surface area contributed by atoms with Crippen molar-refractivity contribution >= 4 is 28.7 Å². The average molecular weight is 1120 g/mol. The summed E-state index contributed by atoms with van der Waals surface area (Å²) in [7, 11) is 1.08. The molecular formula is C47H39F13N2O15. The third-order valence-corrected chi connectivity index (χ3v) is 11.7. The van der Waals surface area contributed by atoms with Gasteiger partial charge in [0.2, 0.25) is 0 Å². The molecular weight excluding hydrogens is 1080 g/mol. The summed E-state index contributed by atoms with van der Waals surface area (Å²) in [6.45, 7) is -3.06. The molecule has 418 valence electrons. The summed E-state index contributed by atoms with van der Waals surface area (Å²) in [5.41, 5.74) is -1.21. The lowest BCUT2D eigenvalue weighted by molar-refractivity contribution is -0.439. The molecule has 1 unspecified atom stereocenters. The molecule has 0 spiro atoms. The minimum absolute atomic E-state index is 0.0445. The van der Waals surface area contributed by atoms with Gasteiger partial charge in [-0.2, -0.15) is 57.1 Å². The van der Waals surface area contributed by atoms with Crippen LogP contribution in [-0.2, 0) is 39.7 Å². The van der Waals surface area contributed by atoms with E-state index in [1.165, 1.54) is 54.6 Å². The van der Waals surface area contributed by atoms with Crippen LogP contribution >= 0.6 is 0 Å². The predicted octanol–water partition coefficient (Wildman–Crippen LogP) is 6.71. The summed E-state index contributed by atoms with van der Waals surface area (Å²) >= 11 is 0. The number of ether oxygens (including phenoxy) is 5. The van der Waals surface area contributed by atoms with Crippen LogP contribution in [0.25, 0.3) is 33.4 Å². The molecule has 3 aromatic rings. The Morgan fingerprint density at radius 3 is 2.14 bits per heavy atom. The number of Topliss-reactive ketones (excluding diaryl/α,β-unsaturated/α-hetero) is 1. The number of aliphatic hydroxyl groups excluding tert-OH is 2. The topological polar surface area (TPSA) is 243 Å².